The fraction of sp³-hybridized carbons (Fsp3) is 0.364. The molecule has 10 nitrogen and oxygen atoms in total. The molecule has 0 aliphatic carbocycles. The summed E-state index contributed by atoms with van der Waals surface area (Å²) in [5.41, 5.74) is -0.351. The molecular weight excluding hydrogens is 598 g/mol. The number of nitrogens with one attached hydrogen (secondary N) is 3. The molecule has 0 saturated carbocycles. The summed E-state index contributed by atoms with van der Waals surface area (Å²) in [5.74, 6) is -10.9. The van der Waals surface area contributed by atoms with Crippen LogP contribution in [0.3, 0.4) is 0 Å². The van der Waals surface area contributed by atoms with Crippen LogP contribution in [0.1, 0.15) is 9.67 Å². The van der Waals surface area contributed by atoms with Gasteiger partial charge in [-0.05, 0) is 24.3 Å². The van der Waals surface area contributed by atoms with Crippen LogP contribution in [0.2, 0.25) is 4.34 Å². The Kier molecular flexibility index (Phi) is 10.2. The van der Waals surface area contributed by atoms with Gasteiger partial charge in [0.15, 0.2) is 5.75 Å². The highest BCUT2D eigenvalue weighted by Crippen LogP contribution is 2.34. The molecule has 1 fully saturated rings. The molecule has 4 amide bonds. The molecule has 0 spiro atoms. The number of hydrogen-bond acceptors (Lipinski definition) is 7. The van der Waals surface area contributed by atoms with Crippen LogP contribution in [0.5, 0.6) is 5.75 Å². The van der Waals surface area contributed by atoms with Gasteiger partial charge in [0.2, 0.25) is 5.91 Å². The van der Waals surface area contributed by atoms with E-state index in [4.69, 9.17) is 16.3 Å². The van der Waals surface area contributed by atoms with Gasteiger partial charge >= 0.3 is 19.0 Å². The van der Waals surface area contributed by atoms with Gasteiger partial charge in [-0.1, -0.05) is 11.6 Å². The van der Waals surface area contributed by atoms with E-state index in [1.807, 2.05) is 0 Å². The van der Waals surface area contributed by atoms with Gasteiger partial charge in [-0.25, -0.2) is 8.78 Å². The van der Waals surface area contributed by atoms with Gasteiger partial charge in [-0.2, -0.15) is 17.6 Å². The first-order chi connectivity index (χ1) is 18.8. The SMILES string of the molecule is O=C(NC[C@H](NC(=O)C(F)(F)C(F)F)C(=O)Nc1ccc(N2CCOCC2=O)c(OC(F)F)c1)c1ccc(Cl)s1. The van der Waals surface area contributed by atoms with Crippen molar-refractivity contribution < 1.29 is 55.0 Å². The molecule has 0 bridgehead atoms. The standard InChI is InChI=1S/C22H19ClF6N4O6S/c23-15-4-3-14(40-15)18(36)30-8-11(32-20(37)22(28,29)19(24)25)17(35)31-10-1-2-12(13(7-10)39-21(26)27)33-5-6-38-9-16(33)34/h1-4,7,11,19,21H,5-6,8-9H2,(H,30,36)(H,31,35)(H,32,37)/t11-/m0/s1. The lowest BCUT2D eigenvalue weighted by molar-refractivity contribution is -0.170. The predicted molar refractivity (Wildman–Crippen MR) is 129 cm³/mol. The van der Waals surface area contributed by atoms with Crippen LogP contribution >= 0.6 is 22.9 Å². The summed E-state index contributed by atoms with van der Waals surface area (Å²) in [6, 6.07) is 3.85. The lowest BCUT2D eigenvalue weighted by Crippen LogP contribution is -2.56. The number of anilines is 2. The van der Waals surface area contributed by atoms with Crippen molar-refractivity contribution in [2.75, 3.05) is 36.5 Å². The Morgan fingerprint density at radius 1 is 1.15 bits per heavy atom. The number of thiophene rings is 1. The molecule has 1 atom stereocenters. The number of alkyl halides is 6. The zero-order valence-electron chi connectivity index (χ0n) is 19.9. The smallest absolute Gasteiger partial charge is 0.387 e. The van der Waals surface area contributed by atoms with Gasteiger partial charge in [0.05, 0.1) is 21.5 Å². The molecule has 1 aromatic carbocycles. The quantitative estimate of drug-likeness (QED) is 0.333. The Morgan fingerprint density at radius 3 is 2.48 bits per heavy atom. The van der Waals surface area contributed by atoms with Crippen molar-refractivity contribution in [3.8, 4) is 5.75 Å². The van der Waals surface area contributed by atoms with Crippen molar-refractivity contribution in [3.05, 3.63) is 39.5 Å². The molecule has 0 radical (unpaired) electrons. The second-order valence-electron chi connectivity index (χ2n) is 7.91. The highest BCUT2D eigenvalue weighted by molar-refractivity contribution is 7.18. The van der Waals surface area contributed by atoms with E-state index in [1.165, 1.54) is 17.4 Å². The fourth-order valence-corrected chi connectivity index (χ4v) is 4.25. The molecule has 40 heavy (non-hydrogen) atoms. The minimum Gasteiger partial charge on any atom is -0.433 e. The van der Waals surface area contributed by atoms with Crippen molar-refractivity contribution in [3.63, 3.8) is 0 Å². The van der Waals surface area contributed by atoms with E-state index in [9.17, 15) is 45.5 Å². The number of halogens is 7. The number of carbonyl (C=O) groups is 4. The lowest BCUT2D eigenvalue weighted by atomic mass is 10.2. The molecule has 0 unspecified atom stereocenters. The first-order valence-electron chi connectivity index (χ1n) is 11.1. The van der Waals surface area contributed by atoms with E-state index in [0.29, 0.717) is 0 Å². The number of amides is 4. The van der Waals surface area contributed by atoms with E-state index < -0.39 is 60.9 Å². The molecule has 18 heteroatoms. The largest absolute Gasteiger partial charge is 0.433 e. The van der Waals surface area contributed by atoms with Gasteiger partial charge in [0.1, 0.15) is 12.6 Å². The van der Waals surface area contributed by atoms with Crippen molar-refractivity contribution in [1.29, 1.82) is 0 Å². The predicted octanol–water partition coefficient (Wildman–Crippen LogP) is 3.12. The molecule has 3 N–H and O–H groups in total. The van der Waals surface area contributed by atoms with Crippen molar-refractivity contribution in [1.82, 2.24) is 10.6 Å². The lowest BCUT2D eigenvalue weighted by Gasteiger charge is -2.28. The monoisotopic (exact) mass is 616 g/mol. The Hall–Kier alpha value is -3.57. The van der Waals surface area contributed by atoms with Crippen molar-refractivity contribution in [2.24, 2.45) is 0 Å². The normalized spacial score (nSPS) is 14.7. The van der Waals surface area contributed by atoms with Crippen molar-refractivity contribution >= 4 is 57.9 Å². The molecule has 1 aliphatic rings. The Labute approximate surface area is 230 Å². The molecule has 1 aromatic heterocycles. The fourth-order valence-electron chi connectivity index (χ4n) is 3.29. The second-order valence-corrected chi connectivity index (χ2v) is 9.63. The summed E-state index contributed by atoms with van der Waals surface area (Å²) < 4.78 is 88.2. The maximum atomic E-state index is 13.6. The first-order valence-corrected chi connectivity index (χ1v) is 12.3. The minimum atomic E-state index is -5.17. The molecule has 2 aromatic rings. The summed E-state index contributed by atoms with van der Waals surface area (Å²) in [6.45, 7) is -4.39. The topological polar surface area (TPSA) is 126 Å². The summed E-state index contributed by atoms with van der Waals surface area (Å²) in [5, 5.41) is 5.78. The minimum absolute atomic E-state index is 0.00570. The second kappa shape index (κ2) is 13.2. The van der Waals surface area contributed by atoms with Crippen LogP contribution in [0.15, 0.2) is 30.3 Å². The van der Waals surface area contributed by atoms with Crippen LogP contribution < -0.4 is 25.6 Å². The van der Waals surface area contributed by atoms with E-state index in [2.05, 4.69) is 15.4 Å². The zero-order chi connectivity index (χ0) is 29.6. The first kappa shape index (κ1) is 31.0. The zero-order valence-corrected chi connectivity index (χ0v) is 21.5. The number of nitrogens with zero attached hydrogens (tertiary/aromatic N) is 1. The molecule has 3 rings (SSSR count). The Balaban J connectivity index is 1.83. The van der Waals surface area contributed by atoms with Crippen LogP contribution in [-0.4, -0.2) is 74.9 Å². The van der Waals surface area contributed by atoms with Gasteiger partial charge in [-0.15, -0.1) is 11.3 Å². The maximum Gasteiger partial charge on any atom is 0.387 e. The van der Waals surface area contributed by atoms with Gasteiger partial charge < -0.3 is 30.3 Å². The van der Waals surface area contributed by atoms with E-state index in [0.717, 1.165) is 34.4 Å². The number of hydrogen-bond donors (Lipinski definition) is 3. The van der Waals surface area contributed by atoms with Crippen LogP contribution in [-0.2, 0) is 19.1 Å². The molecule has 218 valence electrons. The number of morpholine rings is 1. The van der Waals surface area contributed by atoms with Crippen molar-refractivity contribution in [2.45, 2.75) is 25.0 Å². The molecule has 2 heterocycles. The molecular formula is C22H19ClF6N4O6S. The third-order valence-electron chi connectivity index (χ3n) is 5.18. The third-order valence-corrected chi connectivity index (χ3v) is 6.41. The molecule has 1 aliphatic heterocycles. The molecule has 1 saturated heterocycles. The van der Waals surface area contributed by atoms with Gasteiger partial charge in [0.25, 0.3) is 17.7 Å². The summed E-state index contributed by atoms with van der Waals surface area (Å²) >= 11 is 6.58. The maximum absolute atomic E-state index is 13.6. The summed E-state index contributed by atoms with van der Waals surface area (Å²) in [7, 11) is 0. The van der Waals surface area contributed by atoms with Gasteiger partial charge in [-0.3, -0.25) is 19.2 Å². The van der Waals surface area contributed by atoms with E-state index in [1.54, 1.807) is 0 Å². The highest BCUT2D eigenvalue weighted by Gasteiger charge is 2.50. The number of ether oxygens (including phenoxy) is 2. The van der Waals surface area contributed by atoms with Crippen LogP contribution in [0.25, 0.3) is 0 Å². The summed E-state index contributed by atoms with van der Waals surface area (Å²) in [6.07, 6.45) is -4.40. The Morgan fingerprint density at radius 2 is 1.88 bits per heavy atom. The number of rotatable bonds is 11. The highest BCUT2D eigenvalue weighted by atomic mass is 35.5. The third kappa shape index (κ3) is 7.76. The van der Waals surface area contributed by atoms with Crippen LogP contribution in [0.4, 0.5) is 37.7 Å². The number of carbonyl (C=O) groups excluding carboxylic acids is 4. The average Bonchev–Trinajstić information content (AvgIpc) is 3.32. The van der Waals surface area contributed by atoms with Gasteiger partial charge in [0, 0.05) is 24.8 Å². The average molecular weight is 617 g/mol. The number of benzene rings is 1. The van der Waals surface area contributed by atoms with E-state index >= 15 is 0 Å². The van der Waals surface area contributed by atoms with Crippen LogP contribution in [0, 0.1) is 0 Å². The summed E-state index contributed by atoms with van der Waals surface area (Å²) in [4.78, 5) is 50.3. The Bertz CT molecular complexity index is 1270. The van der Waals surface area contributed by atoms with E-state index in [-0.39, 0.29) is 40.3 Å².